The monoisotopic (exact) mass is 568 g/mol. The number of rotatable bonds is 5. The van der Waals surface area contributed by atoms with Crippen molar-refractivity contribution in [3.05, 3.63) is 84.0 Å². The normalized spacial score (nSPS) is 18.2. The van der Waals surface area contributed by atoms with E-state index in [9.17, 15) is 19.2 Å². The molecular formula is C29H36N2O8Si. The maximum atomic E-state index is 9.55. The van der Waals surface area contributed by atoms with Crippen molar-refractivity contribution in [2.45, 2.75) is 25.6 Å². The molecule has 0 spiro atoms. The van der Waals surface area contributed by atoms with E-state index < -0.39 is 32.0 Å². The zero-order valence-corrected chi connectivity index (χ0v) is 23.9. The highest BCUT2D eigenvalue weighted by molar-refractivity contribution is 7.01. The lowest BCUT2D eigenvalue weighted by Crippen LogP contribution is -2.54. The lowest BCUT2D eigenvalue weighted by Gasteiger charge is -2.38. The molecule has 1 saturated heterocycles. The SMILES string of the molecule is CN1CCN(C2Cc3ccccc3[Si](C)(C)c3ccccc32)CC1.O=C(O)/C=C\C(=O)O.O=C(O)/C=C\C(=O)O. The summed E-state index contributed by atoms with van der Waals surface area (Å²) in [5.41, 5.74) is 3.17. The highest BCUT2D eigenvalue weighted by Gasteiger charge is 2.37. The largest absolute Gasteiger partial charge is 0.478 e. The Morgan fingerprint density at radius 3 is 1.60 bits per heavy atom. The summed E-state index contributed by atoms with van der Waals surface area (Å²) < 4.78 is 0. The summed E-state index contributed by atoms with van der Waals surface area (Å²) in [6.45, 7) is 9.77. The van der Waals surface area contributed by atoms with Crippen molar-refractivity contribution in [1.82, 2.24) is 9.80 Å². The van der Waals surface area contributed by atoms with Crippen LogP contribution in [0.1, 0.15) is 17.2 Å². The van der Waals surface area contributed by atoms with Crippen LogP contribution in [0.3, 0.4) is 0 Å². The second kappa shape index (κ2) is 14.9. The molecule has 1 atom stereocenters. The quantitative estimate of drug-likeness (QED) is 0.310. The molecule has 0 aliphatic carbocycles. The molecule has 1 fully saturated rings. The van der Waals surface area contributed by atoms with Crippen LogP contribution in [0, 0.1) is 0 Å². The van der Waals surface area contributed by atoms with Crippen LogP contribution in [-0.2, 0) is 25.6 Å². The second-order valence-electron chi connectivity index (χ2n) is 9.95. The molecule has 40 heavy (non-hydrogen) atoms. The number of aliphatic carboxylic acids is 4. The van der Waals surface area contributed by atoms with Gasteiger partial charge < -0.3 is 25.3 Å². The molecule has 2 aliphatic heterocycles. The standard InChI is InChI=1S/C21H28N2Si.2C4H4O4/c1-22-12-14-23(15-13-22)19-16-17-8-4-6-10-20(17)24(2,3)21-11-7-5-9-18(19)21;2*5-3(6)1-2-4(7)8/h4-11,19H,12-16H2,1-3H3;2*1-2H,(H,5,6)(H,7,8)/b;2*2-1-. The summed E-state index contributed by atoms with van der Waals surface area (Å²) in [7, 11) is 0.602. The number of likely N-dealkylation sites (N-methyl/N-ethyl adjacent to an activating group) is 1. The maximum absolute atomic E-state index is 9.55. The van der Waals surface area contributed by atoms with Crippen molar-refractivity contribution in [3.8, 4) is 0 Å². The predicted molar refractivity (Wildman–Crippen MR) is 154 cm³/mol. The van der Waals surface area contributed by atoms with Gasteiger partial charge in [0.25, 0.3) is 0 Å². The van der Waals surface area contributed by atoms with E-state index >= 15 is 0 Å². The van der Waals surface area contributed by atoms with Crippen LogP contribution < -0.4 is 10.4 Å². The molecule has 4 N–H and O–H groups in total. The number of carboxylic acids is 4. The average Bonchev–Trinajstić information content (AvgIpc) is 3.00. The molecule has 11 heteroatoms. The minimum absolute atomic E-state index is 0.533. The second-order valence-corrected chi connectivity index (χ2v) is 14.3. The Morgan fingerprint density at radius 2 is 1.12 bits per heavy atom. The van der Waals surface area contributed by atoms with Gasteiger partial charge in [0.1, 0.15) is 8.07 Å². The number of fused-ring (bicyclic) bond motifs is 2. The molecule has 2 heterocycles. The van der Waals surface area contributed by atoms with Crippen LogP contribution in [0.4, 0.5) is 0 Å². The number of hydrogen-bond donors (Lipinski definition) is 4. The third kappa shape index (κ3) is 9.60. The lowest BCUT2D eigenvalue weighted by molar-refractivity contribution is -0.134. The third-order valence-corrected chi connectivity index (χ3v) is 10.4. The zero-order chi connectivity index (χ0) is 29.9. The Morgan fingerprint density at radius 1 is 0.700 bits per heavy atom. The molecule has 4 rings (SSSR count). The summed E-state index contributed by atoms with van der Waals surface area (Å²) in [5, 5.41) is 34.5. The molecule has 10 nitrogen and oxygen atoms in total. The van der Waals surface area contributed by atoms with Crippen LogP contribution in [0.2, 0.25) is 13.1 Å². The molecule has 2 aromatic carbocycles. The van der Waals surface area contributed by atoms with E-state index in [0.717, 1.165) is 6.42 Å². The maximum Gasteiger partial charge on any atom is 0.328 e. The van der Waals surface area contributed by atoms with Gasteiger partial charge in [-0.2, -0.15) is 0 Å². The Kier molecular flexibility index (Phi) is 12.0. The van der Waals surface area contributed by atoms with Crippen LogP contribution in [0.25, 0.3) is 0 Å². The van der Waals surface area contributed by atoms with Gasteiger partial charge in [-0.05, 0) is 29.8 Å². The number of benzene rings is 2. The van der Waals surface area contributed by atoms with Gasteiger partial charge in [-0.15, -0.1) is 0 Å². The van der Waals surface area contributed by atoms with E-state index in [1.54, 1.807) is 21.5 Å². The van der Waals surface area contributed by atoms with E-state index in [2.05, 4.69) is 78.5 Å². The first kappa shape index (κ1) is 32.2. The van der Waals surface area contributed by atoms with Gasteiger partial charge in [0.05, 0.1) is 0 Å². The van der Waals surface area contributed by atoms with E-state index in [4.69, 9.17) is 20.4 Å². The Labute approximate surface area is 234 Å². The van der Waals surface area contributed by atoms with Gasteiger partial charge in [0.15, 0.2) is 0 Å². The fraction of sp³-hybridized carbons (Fsp3) is 0.310. The molecule has 2 aliphatic rings. The number of carboxylic acid groups (broad SMARTS) is 4. The summed E-state index contributed by atoms with van der Waals surface area (Å²) in [4.78, 5) is 43.4. The van der Waals surface area contributed by atoms with E-state index in [1.165, 1.54) is 26.2 Å². The van der Waals surface area contributed by atoms with Gasteiger partial charge >= 0.3 is 23.9 Å². The van der Waals surface area contributed by atoms with Crippen LogP contribution in [0.15, 0.2) is 72.8 Å². The van der Waals surface area contributed by atoms with Crippen LogP contribution >= 0.6 is 0 Å². The molecule has 1 unspecified atom stereocenters. The van der Waals surface area contributed by atoms with Crippen molar-refractivity contribution < 1.29 is 39.6 Å². The summed E-state index contributed by atoms with van der Waals surface area (Å²) in [6, 6.07) is 19.0. The van der Waals surface area contributed by atoms with Crippen LogP contribution in [-0.4, -0.2) is 95.4 Å². The van der Waals surface area contributed by atoms with E-state index in [0.29, 0.717) is 30.3 Å². The van der Waals surface area contributed by atoms with Gasteiger partial charge in [-0.3, -0.25) is 4.90 Å². The molecule has 0 amide bonds. The molecule has 0 bridgehead atoms. The lowest BCUT2D eigenvalue weighted by atomic mass is 9.97. The fourth-order valence-corrected chi connectivity index (χ4v) is 8.15. The molecule has 2 aromatic rings. The Hall–Kier alpha value is -4.06. The summed E-state index contributed by atoms with van der Waals surface area (Å²) in [5.74, 6) is -5.03. The minimum Gasteiger partial charge on any atom is -0.478 e. The number of hydrogen-bond acceptors (Lipinski definition) is 6. The molecule has 214 valence electrons. The molecular weight excluding hydrogens is 532 g/mol. The number of nitrogens with zero attached hydrogens (tertiary/aromatic N) is 2. The Bertz CT molecular complexity index is 1200. The minimum atomic E-state index is -1.64. The van der Waals surface area contributed by atoms with E-state index in [-0.39, 0.29) is 0 Å². The van der Waals surface area contributed by atoms with Gasteiger partial charge in [0, 0.05) is 56.5 Å². The third-order valence-electron chi connectivity index (χ3n) is 6.81. The van der Waals surface area contributed by atoms with E-state index in [1.807, 2.05) is 0 Å². The molecule has 0 radical (unpaired) electrons. The fourth-order valence-electron chi connectivity index (χ4n) is 4.87. The van der Waals surface area contributed by atoms with Crippen LogP contribution in [0.5, 0.6) is 0 Å². The van der Waals surface area contributed by atoms with Gasteiger partial charge in [-0.25, -0.2) is 19.2 Å². The highest BCUT2D eigenvalue weighted by atomic mass is 28.3. The van der Waals surface area contributed by atoms with Crippen molar-refractivity contribution >= 4 is 42.3 Å². The molecule has 0 aromatic heterocycles. The van der Waals surface area contributed by atoms with Gasteiger partial charge in [0.2, 0.25) is 0 Å². The number of carbonyl (C=O) groups is 4. The number of piperazine rings is 1. The van der Waals surface area contributed by atoms with Crippen molar-refractivity contribution in [1.29, 1.82) is 0 Å². The van der Waals surface area contributed by atoms with Crippen molar-refractivity contribution in [3.63, 3.8) is 0 Å². The van der Waals surface area contributed by atoms with Crippen molar-refractivity contribution in [2.24, 2.45) is 0 Å². The van der Waals surface area contributed by atoms with Crippen molar-refractivity contribution in [2.75, 3.05) is 33.2 Å². The first-order valence-electron chi connectivity index (χ1n) is 12.7. The Balaban J connectivity index is 0.000000290. The molecule has 0 saturated carbocycles. The summed E-state index contributed by atoms with van der Waals surface area (Å²) >= 11 is 0. The first-order valence-corrected chi connectivity index (χ1v) is 15.7. The zero-order valence-electron chi connectivity index (χ0n) is 22.9. The summed E-state index contributed by atoms with van der Waals surface area (Å²) in [6.07, 6.45) is 3.39. The predicted octanol–water partition coefficient (Wildman–Crippen LogP) is 1.78. The highest BCUT2D eigenvalue weighted by Crippen LogP contribution is 2.30. The topological polar surface area (TPSA) is 156 Å². The average molecular weight is 569 g/mol. The van der Waals surface area contributed by atoms with Gasteiger partial charge in [-0.1, -0.05) is 66.8 Å². The smallest absolute Gasteiger partial charge is 0.328 e. The first-order chi connectivity index (χ1) is 18.8.